The van der Waals surface area contributed by atoms with Crippen molar-refractivity contribution in [2.75, 3.05) is 7.11 Å². The molecule has 0 spiro atoms. The molecule has 0 saturated carbocycles. The third-order valence-electron chi connectivity index (χ3n) is 5.69. The van der Waals surface area contributed by atoms with Gasteiger partial charge in [0.2, 0.25) is 5.91 Å². The van der Waals surface area contributed by atoms with Crippen molar-refractivity contribution < 1.29 is 13.9 Å². The lowest BCUT2D eigenvalue weighted by Crippen LogP contribution is -2.51. The highest BCUT2D eigenvalue weighted by Crippen LogP contribution is 2.47. The minimum Gasteiger partial charge on any atom is -0.497 e. The van der Waals surface area contributed by atoms with Gasteiger partial charge in [-0.1, -0.05) is 19.1 Å². The summed E-state index contributed by atoms with van der Waals surface area (Å²) >= 11 is 1.47. The Morgan fingerprint density at radius 1 is 1.23 bits per heavy atom. The van der Waals surface area contributed by atoms with E-state index in [2.05, 4.69) is 5.32 Å². The molecule has 1 amide bonds. The fraction of sp³-hybridized carbons (Fsp3) is 0.208. The molecule has 3 aromatic rings. The highest BCUT2D eigenvalue weighted by molar-refractivity contribution is 7.10. The summed E-state index contributed by atoms with van der Waals surface area (Å²) in [5, 5.41) is 21.9. The molecule has 1 aliphatic heterocycles. The Morgan fingerprint density at radius 2 is 1.97 bits per heavy atom. The molecular formula is C24H20FN3O2S. The highest BCUT2D eigenvalue weighted by Gasteiger charge is 2.47. The first-order chi connectivity index (χ1) is 14.8. The van der Waals surface area contributed by atoms with E-state index in [-0.39, 0.29) is 17.3 Å². The first-order valence-electron chi connectivity index (χ1n) is 9.66. The van der Waals surface area contributed by atoms with Crippen molar-refractivity contribution in [2.45, 2.75) is 24.7 Å². The Balaban J connectivity index is 1.78. The van der Waals surface area contributed by atoms with Crippen LogP contribution in [0.2, 0.25) is 0 Å². The van der Waals surface area contributed by atoms with Crippen LogP contribution >= 0.6 is 11.3 Å². The first kappa shape index (κ1) is 20.8. The molecule has 1 aromatic heterocycles. The van der Waals surface area contributed by atoms with Crippen LogP contribution in [0.25, 0.3) is 11.1 Å². The Bertz CT molecular complexity index is 1210. The van der Waals surface area contributed by atoms with Crippen molar-refractivity contribution in [3.63, 3.8) is 0 Å². The van der Waals surface area contributed by atoms with Crippen LogP contribution in [0.5, 0.6) is 5.75 Å². The summed E-state index contributed by atoms with van der Waals surface area (Å²) in [6.07, 6.45) is 0.363. The topological polar surface area (TPSA) is 86.0 Å². The minimum atomic E-state index is -0.650. The van der Waals surface area contributed by atoms with E-state index in [0.29, 0.717) is 17.7 Å². The molecule has 4 rings (SSSR count). The maximum absolute atomic E-state index is 13.9. The number of piperidine rings is 1. The summed E-state index contributed by atoms with van der Waals surface area (Å²) in [6, 6.07) is 15.5. The second-order valence-electron chi connectivity index (χ2n) is 7.81. The number of amidine groups is 1. The molecule has 7 heteroatoms. The molecule has 2 aromatic carbocycles. The zero-order valence-corrected chi connectivity index (χ0v) is 17.8. The van der Waals surface area contributed by atoms with E-state index in [1.807, 2.05) is 48.7 Å². The Hall–Kier alpha value is -3.50. The number of nitrogens with zero attached hydrogens (tertiary/aromatic N) is 1. The zero-order valence-electron chi connectivity index (χ0n) is 17.0. The molecule has 2 heterocycles. The number of rotatable bonds is 4. The molecular weight excluding hydrogens is 413 g/mol. The summed E-state index contributed by atoms with van der Waals surface area (Å²) in [5.41, 5.74) is 1.83. The number of nitrogens with one attached hydrogen (secondary N) is 2. The lowest BCUT2D eigenvalue weighted by Gasteiger charge is -2.40. The van der Waals surface area contributed by atoms with Gasteiger partial charge in [-0.3, -0.25) is 10.2 Å². The Labute approximate surface area is 183 Å². The van der Waals surface area contributed by atoms with E-state index in [1.165, 1.54) is 23.5 Å². The maximum atomic E-state index is 13.9. The summed E-state index contributed by atoms with van der Waals surface area (Å²) in [7, 11) is 1.59. The monoisotopic (exact) mass is 433 g/mol. The van der Waals surface area contributed by atoms with Gasteiger partial charge < -0.3 is 10.1 Å². The fourth-order valence-electron chi connectivity index (χ4n) is 4.18. The highest BCUT2D eigenvalue weighted by atomic mass is 32.1. The lowest BCUT2D eigenvalue weighted by atomic mass is 9.67. The van der Waals surface area contributed by atoms with E-state index in [1.54, 1.807) is 13.2 Å². The van der Waals surface area contributed by atoms with Crippen LogP contribution in [-0.4, -0.2) is 18.9 Å². The maximum Gasteiger partial charge on any atom is 0.233 e. The normalized spacial score (nSPS) is 20.8. The Kier molecular flexibility index (Phi) is 5.34. The molecule has 2 atom stereocenters. The summed E-state index contributed by atoms with van der Waals surface area (Å²) < 4.78 is 19.2. The third kappa shape index (κ3) is 3.82. The number of carbonyl (C=O) groups is 1. The standard InChI is InChI=1S/C24H20FN3O2S/c1-24(20-10-17(13-31-20)16-7-14(12-26)8-18(25)9-16)11-21(27)28-23(29)22(24)15-3-5-19(30-2)6-4-15/h3-10,13,22H,11H2,1-2H3,(H2,27,28,29)/t22?,24-/m1/s1. The van der Waals surface area contributed by atoms with Crippen molar-refractivity contribution in [1.29, 1.82) is 10.7 Å². The predicted octanol–water partition coefficient (Wildman–Crippen LogP) is 4.97. The summed E-state index contributed by atoms with van der Waals surface area (Å²) in [4.78, 5) is 13.9. The molecule has 0 bridgehead atoms. The molecule has 31 heavy (non-hydrogen) atoms. The molecule has 1 aliphatic rings. The van der Waals surface area contributed by atoms with Crippen molar-refractivity contribution >= 4 is 23.1 Å². The van der Waals surface area contributed by atoms with Crippen LogP contribution in [-0.2, 0) is 10.2 Å². The second kappa shape index (κ2) is 7.97. The fourth-order valence-corrected chi connectivity index (χ4v) is 5.29. The number of amides is 1. The average molecular weight is 434 g/mol. The molecule has 156 valence electrons. The number of benzene rings is 2. The number of ether oxygens (including phenoxy) is 1. The average Bonchev–Trinajstić information content (AvgIpc) is 3.24. The van der Waals surface area contributed by atoms with Gasteiger partial charge in [-0.25, -0.2) is 4.39 Å². The predicted molar refractivity (Wildman–Crippen MR) is 118 cm³/mol. The van der Waals surface area contributed by atoms with E-state index in [4.69, 9.17) is 15.4 Å². The van der Waals surface area contributed by atoms with Gasteiger partial charge in [-0.05, 0) is 58.5 Å². The third-order valence-corrected chi connectivity index (χ3v) is 6.90. The van der Waals surface area contributed by atoms with Crippen molar-refractivity contribution in [3.8, 4) is 22.9 Å². The quantitative estimate of drug-likeness (QED) is 0.609. The number of methoxy groups -OCH3 is 1. The van der Waals surface area contributed by atoms with Crippen molar-refractivity contribution in [1.82, 2.24) is 5.32 Å². The molecule has 1 saturated heterocycles. The molecule has 1 fully saturated rings. The molecule has 1 unspecified atom stereocenters. The lowest BCUT2D eigenvalue weighted by molar-refractivity contribution is -0.123. The number of thiophene rings is 1. The van der Waals surface area contributed by atoms with Gasteiger partial charge in [-0.2, -0.15) is 5.26 Å². The molecule has 2 N–H and O–H groups in total. The zero-order chi connectivity index (χ0) is 22.2. The van der Waals surface area contributed by atoms with E-state index in [0.717, 1.165) is 16.0 Å². The van der Waals surface area contributed by atoms with Gasteiger partial charge in [0, 0.05) is 16.7 Å². The van der Waals surface area contributed by atoms with Gasteiger partial charge >= 0.3 is 0 Å². The summed E-state index contributed by atoms with van der Waals surface area (Å²) in [6.45, 7) is 1.98. The van der Waals surface area contributed by atoms with E-state index < -0.39 is 17.2 Å². The number of carbonyl (C=O) groups excluding carboxylic acids is 1. The van der Waals surface area contributed by atoms with Gasteiger partial charge in [0.25, 0.3) is 0 Å². The minimum absolute atomic E-state index is 0.171. The van der Waals surface area contributed by atoms with Crippen LogP contribution in [0.3, 0.4) is 0 Å². The van der Waals surface area contributed by atoms with Crippen LogP contribution in [0.1, 0.15) is 35.3 Å². The van der Waals surface area contributed by atoms with Crippen LogP contribution in [0.4, 0.5) is 4.39 Å². The van der Waals surface area contributed by atoms with Crippen LogP contribution in [0, 0.1) is 22.6 Å². The molecule has 0 radical (unpaired) electrons. The number of nitriles is 1. The van der Waals surface area contributed by atoms with E-state index in [9.17, 15) is 9.18 Å². The van der Waals surface area contributed by atoms with Gasteiger partial charge in [0.1, 0.15) is 17.4 Å². The molecule has 0 aliphatic carbocycles. The van der Waals surface area contributed by atoms with Gasteiger partial charge in [-0.15, -0.1) is 11.3 Å². The van der Waals surface area contributed by atoms with Gasteiger partial charge in [0.05, 0.1) is 24.7 Å². The van der Waals surface area contributed by atoms with Crippen LogP contribution in [0.15, 0.2) is 53.9 Å². The van der Waals surface area contributed by atoms with Crippen molar-refractivity contribution in [2.24, 2.45) is 0 Å². The first-order valence-corrected chi connectivity index (χ1v) is 10.5. The number of halogens is 1. The second-order valence-corrected chi connectivity index (χ2v) is 8.72. The van der Waals surface area contributed by atoms with Crippen LogP contribution < -0.4 is 10.1 Å². The van der Waals surface area contributed by atoms with Gasteiger partial charge in [0.15, 0.2) is 0 Å². The summed E-state index contributed by atoms with van der Waals surface area (Å²) in [5.74, 6) is -0.322. The number of hydrogen-bond donors (Lipinski definition) is 2. The van der Waals surface area contributed by atoms with E-state index >= 15 is 0 Å². The Morgan fingerprint density at radius 3 is 2.65 bits per heavy atom. The smallest absolute Gasteiger partial charge is 0.233 e. The number of hydrogen-bond acceptors (Lipinski definition) is 5. The molecule has 5 nitrogen and oxygen atoms in total. The van der Waals surface area contributed by atoms with Crippen molar-refractivity contribution in [3.05, 3.63) is 75.7 Å². The largest absolute Gasteiger partial charge is 0.497 e. The SMILES string of the molecule is COc1ccc(C2C(=O)NC(=N)C[C@]2(C)c2cc(-c3cc(F)cc(C#N)c3)cs2)cc1.